The predicted molar refractivity (Wildman–Crippen MR) is 81.2 cm³/mol. The van der Waals surface area contributed by atoms with Crippen LogP contribution in [0.4, 0.5) is 10.1 Å². The first-order valence-corrected chi connectivity index (χ1v) is 6.85. The molecular formula is C15H12FN5O2. The van der Waals surface area contributed by atoms with Crippen molar-refractivity contribution in [3.63, 3.8) is 0 Å². The van der Waals surface area contributed by atoms with E-state index in [9.17, 15) is 14.0 Å². The summed E-state index contributed by atoms with van der Waals surface area (Å²) in [6.45, 7) is 0.158. The summed E-state index contributed by atoms with van der Waals surface area (Å²) in [7, 11) is 0. The van der Waals surface area contributed by atoms with Gasteiger partial charge in [-0.15, -0.1) is 0 Å². The molecule has 0 fully saturated rings. The average Bonchev–Trinajstić information content (AvgIpc) is 2.57. The molecule has 0 aliphatic heterocycles. The molecule has 0 atom stereocenters. The van der Waals surface area contributed by atoms with Crippen LogP contribution in [0.2, 0.25) is 0 Å². The molecule has 1 N–H and O–H groups in total. The lowest BCUT2D eigenvalue weighted by molar-refractivity contribution is -0.116. The molecule has 23 heavy (non-hydrogen) atoms. The first-order valence-electron chi connectivity index (χ1n) is 6.85. The van der Waals surface area contributed by atoms with Crippen molar-refractivity contribution in [2.24, 2.45) is 0 Å². The minimum atomic E-state index is -0.377. The van der Waals surface area contributed by atoms with E-state index in [1.807, 2.05) is 0 Å². The summed E-state index contributed by atoms with van der Waals surface area (Å²) in [6, 6.07) is 5.44. The SMILES string of the molecule is O=C(CCn1cnc2nccnc2c1=O)Nc1ccc(F)cc1. The van der Waals surface area contributed by atoms with Crippen LogP contribution in [0.25, 0.3) is 11.2 Å². The van der Waals surface area contributed by atoms with Gasteiger partial charge < -0.3 is 5.32 Å². The molecule has 0 aliphatic carbocycles. The van der Waals surface area contributed by atoms with Crippen molar-refractivity contribution in [1.29, 1.82) is 0 Å². The molecule has 3 aromatic rings. The molecule has 0 radical (unpaired) electrons. The molecule has 1 aromatic carbocycles. The third-order valence-corrected chi connectivity index (χ3v) is 3.17. The monoisotopic (exact) mass is 313 g/mol. The first-order chi connectivity index (χ1) is 11.1. The van der Waals surface area contributed by atoms with Gasteiger partial charge in [-0.1, -0.05) is 0 Å². The number of carbonyl (C=O) groups excluding carboxylic acids is 1. The van der Waals surface area contributed by atoms with Crippen molar-refractivity contribution in [3.8, 4) is 0 Å². The normalized spacial score (nSPS) is 10.7. The number of aromatic nitrogens is 4. The number of benzene rings is 1. The molecule has 0 saturated carbocycles. The summed E-state index contributed by atoms with van der Waals surface area (Å²) >= 11 is 0. The number of hydrogen-bond donors (Lipinski definition) is 1. The van der Waals surface area contributed by atoms with E-state index in [-0.39, 0.29) is 41.4 Å². The summed E-state index contributed by atoms with van der Waals surface area (Å²) < 4.78 is 14.1. The van der Waals surface area contributed by atoms with E-state index in [1.165, 1.54) is 47.6 Å². The van der Waals surface area contributed by atoms with E-state index in [4.69, 9.17) is 0 Å². The molecule has 0 aliphatic rings. The van der Waals surface area contributed by atoms with Gasteiger partial charge in [0.25, 0.3) is 5.56 Å². The number of aryl methyl sites for hydroxylation is 1. The lowest BCUT2D eigenvalue weighted by Gasteiger charge is -2.07. The van der Waals surface area contributed by atoms with Gasteiger partial charge in [-0.05, 0) is 24.3 Å². The van der Waals surface area contributed by atoms with Gasteiger partial charge in [0, 0.05) is 31.0 Å². The van der Waals surface area contributed by atoms with Gasteiger partial charge in [0.1, 0.15) is 12.1 Å². The number of rotatable bonds is 4. The second-order valence-corrected chi connectivity index (χ2v) is 4.78. The molecule has 8 heteroatoms. The first kappa shape index (κ1) is 14.8. The lowest BCUT2D eigenvalue weighted by Crippen LogP contribution is -2.24. The third-order valence-electron chi connectivity index (χ3n) is 3.17. The van der Waals surface area contributed by atoms with Gasteiger partial charge in [0.2, 0.25) is 5.91 Å². The predicted octanol–water partition coefficient (Wildman–Crippen LogP) is 1.35. The van der Waals surface area contributed by atoms with Gasteiger partial charge in [-0.25, -0.2) is 19.3 Å². The quantitative estimate of drug-likeness (QED) is 0.785. The molecule has 116 valence electrons. The van der Waals surface area contributed by atoms with Crippen LogP contribution < -0.4 is 10.9 Å². The molecule has 0 bridgehead atoms. The van der Waals surface area contributed by atoms with Crippen LogP contribution in [-0.2, 0) is 11.3 Å². The van der Waals surface area contributed by atoms with Crippen molar-refractivity contribution in [1.82, 2.24) is 19.5 Å². The highest BCUT2D eigenvalue weighted by atomic mass is 19.1. The minimum Gasteiger partial charge on any atom is -0.326 e. The zero-order chi connectivity index (χ0) is 16.2. The highest BCUT2D eigenvalue weighted by molar-refractivity contribution is 5.90. The Morgan fingerprint density at radius 2 is 1.87 bits per heavy atom. The second kappa shape index (κ2) is 6.30. The fourth-order valence-corrected chi connectivity index (χ4v) is 2.03. The van der Waals surface area contributed by atoms with Crippen molar-refractivity contribution in [3.05, 3.63) is 59.2 Å². The number of nitrogens with one attached hydrogen (secondary N) is 1. The van der Waals surface area contributed by atoms with Gasteiger partial charge in [0.05, 0.1) is 0 Å². The van der Waals surface area contributed by atoms with Gasteiger partial charge in [-0.3, -0.25) is 14.2 Å². The Bertz CT molecular complexity index is 908. The molecule has 0 spiro atoms. The summed E-state index contributed by atoms with van der Waals surface area (Å²) in [5.41, 5.74) is 0.572. The Morgan fingerprint density at radius 3 is 2.65 bits per heavy atom. The Kier molecular flexibility index (Phi) is 4.05. The average molecular weight is 313 g/mol. The van der Waals surface area contributed by atoms with E-state index < -0.39 is 0 Å². The lowest BCUT2D eigenvalue weighted by atomic mass is 10.3. The highest BCUT2D eigenvalue weighted by Gasteiger charge is 2.08. The summed E-state index contributed by atoms with van der Waals surface area (Å²) in [5, 5.41) is 2.63. The van der Waals surface area contributed by atoms with Gasteiger partial charge >= 0.3 is 0 Å². The number of anilines is 1. The standard InChI is InChI=1S/C15H12FN5O2/c16-10-1-3-11(4-2-10)20-12(22)5-8-21-9-19-14-13(15(21)23)17-6-7-18-14/h1-4,6-7,9H,5,8H2,(H,20,22). The topological polar surface area (TPSA) is 89.8 Å². The smallest absolute Gasteiger partial charge is 0.281 e. The van der Waals surface area contributed by atoms with E-state index in [0.29, 0.717) is 5.69 Å². The van der Waals surface area contributed by atoms with Crippen molar-refractivity contribution < 1.29 is 9.18 Å². The number of nitrogens with zero attached hydrogens (tertiary/aromatic N) is 4. The van der Waals surface area contributed by atoms with E-state index in [1.54, 1.807) is 0 Å². The molecule has 3 rings (SSSR count). The van der Waals surface area contributed by atoms with Crippen molar-refractivity contribution in [2.45, 2.75) is 13.0 Å². The maximum atomic E-state index is 12.8. The van der Waals surface area contributed by atoms with Crippen LogP contribution in [0.5, 0.6) is 0 Å². The largest absolute Gasteiger partial charge is 0.326 e. The number of hydrogen-bond acceptors (Lipinski definition) is 5. The number of carbonyl (C=O) groups is 1. The maximum absolute atomic E-state index is 12.8. The Morgan fingerprint density at radius 1 is 1.13 bits per heavy atom. The number of amides is 1. The maximum Gasteiger partial charge on any atom is 0.281 e. The third kappa shape index (κ3) is 3.37. The fraction of sp³-hybridized carbons (Fsp3) is 0.133. The summed E-state index contributed by atoms with van der Waals surface area (Å²) in [6.07, 6.45) is 4.28. The van der Waals surface area contributed by atoms with Crippen molar-refractivity contribution >= 4 is 22.8 Å². The van der Waals surface area contributed by atoms with E-state index in [2.05, 4.69) is 20.3 Å². The van der Waals surface area contributed by atoms with E-state index in [0.717, 1.165) is 0 Å². The summed E-state index contributed by atoms with van der Waals surface area (Å²) in [5.74, 6) is -0.666. The molecule has 0 unspecified atom stereocenters. The molecular weight excluding hydrogens is 301 g/mol. The molecule has 7 nitrogen and oxygen atoms in total. The molecule has 2 aromatic heterocycles. The van der Waals surface area contributed by atoms with Crippen LogP contribution in [0.3, 0.4) is 0 Å². The minimum absolute atomic E-state index is 0.0741. The van der Waals surface area contributed by atoms with Crippen LogP contribution >= 0.6 is 0 Å². The zero-order valence-electron chi connectivity index (χ0n) is 11.9. The Labute approximate surface area is 129 Å². The van der Waals surface area contributed by atoms with Gasteiger partial charge in [-0.2, -0.15) is 0 Å². The highest BCUT2D eigenvalue weighted by Crippen LogP contribution is 2.08. The van der Waals surface area contributed by atoms with Crippen LogP contribution in [0, 0.1) is 5.82 Å². The molecule has 2 heterocycles. The van der Waals surface area contributed by atoms with Crippen LogP contribution in [-0.4, -0.2) is 25.4 Å². The number of halogens is 1. The summed E-state index contributed by atoms with van der Waals surface area (Å²) in [4.78, 5) is 36.0. The zero-order valence-corrected chi connectivity index (χ0v) is 11.9. The van der Waals surface area contributed by atoms with Gasteiger partial charge in [0.15, 0.2) is 11.2 Å². The molecule has 0 saturated heterocycles. The van der Waals surface area contributed by atoms with Crippen LogP contribution in [0.1, 0.15) is 6.42 Å². The Balaban J connectivity index is 1.68. The fourth-order valence-electron chi connectivity index (χ4n) is 2.03. The molecule has 1 amide bonds. The van der Waals surface area contributed by atoms with E-state index >= 15 is 0 Å². The second-order valence-electron chi connectivity index (χ2n) is 4.78. The van der Waals surface area contributed by atoms with Crippen molar-refractivity contribution in [2.75, 3.05) is 5.32 Å². The Hall–Kier alpha value is -3.16. The number of fused-ring (bicyclic) bond motifs is 1. The van der Waals surface area contributed by atoms with Crippen LogP contribution in [0.15, 0.2) is 47.8 Å².